The summed E-state index contributed by atoms with van der Waals surface area (Å²) in [7, 11) is 1.68. The number of halogens is 7. The molecule has 1 aromatic rings. The molecule has 1 amide bonds. The van der Waals surface area contributed by atoms with Crippen molar-refractivity contribution in [3.8, 4) is 0 Å². The fourth-order valence-electron chi connectivity index (χ4n) is 3.78. The third-order valence-corrected chi connectivity index (χ3v) is 5.35. The van der Waals surface area contributed by atoms with Crippen molar-refractivity contribution >= 4 is 18.3 Å². The molecule has 5 nitrogen and oxygen atoms in total. The molecule has 2 aliphatic rings. The second kappa shape index (κ2) is 7.16. The number of likely N-dealkylation sites (tertiary alicyclic amines) is 1. The molecule has 2 fully saturated rings. The van der Waals surface area contributed by atoms with Gasteiger partial charge in [0.05, 0.1) is 12.1 Å². The second-order valence-corrected chi connectivity index (χ2v) is 6.91. The van der Waals surface area contributed by atoms with Crippen LogP contribution in [0.3, 0.4) is 0 Å². The Hall–Kier alpha value is -1.49. The van der Waals surface area contributed by atoms with E-state index in [1.165, 1.54) is 4.68 Å². The summed E-state index contributed by atoms with van der Waals surface area (Å²) in [5, 5.41) is 6.99. The molecule has 1 N–H and O–H groups in total. The Morgan fingerprint density at radius 2 is 1.85 bits per heavy atom. The monoisotopic (exact) mass is 420 g/mol. The van der Waals surface area contributed by atoms with E-state index in [4.69, 9.17) is 0 Å². The van der Waals surface area contributed by atoms with Crippen molar-refractivity contribution in [1.29, 1.82) is 0 Å². The Kier molecular flexibility index (Phi) is 5.78. The van der Waals surface area contributed by atoms with Crippen molar-refractivity contribution < 1.29 is 31.1 Å². The van der Waals surface area contributed by atoms with Crippen molar-refractivity contribution in [2.45, 2.75) is 24.7 Å². The summed E-state index contributed by atoms with van der Waals surface area (Å²) in [5.74, 6) is -1.72. The van der Waals surface area contributed by atoms with Gasteiger partial charge in [-0.1, -0.05) is 0 Å². The average Bonchev–Trinajstić information content (AvgIpc) is 3.23. The highest BCUT2D eigenvalue weighted by molar-refractivity contribution is 5.85. The maximum atomic E-state index is 13.2. The SMILES string of the molecule is Cl.Cn1cc([C@H]2CNC[C@@H]2C(=O)N2CCC(C(F)(F)F)(C(F)(F)F)C2)cn1. The first-order valence-corrected chi connectivity index (χ1v) is 8.08. The summed E-state index contributed by atoms with van der Waals surface area (Å²) in [4.78, 5) is 13.4. The van der Waals surface area contributed by atoms with Gasteiger partial charge in [0.1, 0.15) is 0 Å². The zero-order valence-corrected chi connectivity index (χ0v) is 15.1. The molecule has 0 unspecified atom stereocenters. The van der Waals surface area contributed by atoms with Crippen LogP contribution in [-0.2, 0) is 11.8 Å². The van der Waals surface area contributed by atoms with E-state index >= 15 is 0 Å². The first-order chi connectivity index (χ1) is 12.0. The van der Waals surface area contributed by atoms with Gasteiger partial charge in [-0.2, -0.15) is 31.4 Å². The van der Waals surface area contributed by atoms with Crippen LogP contribution in [0.1, 0.15) is 17.9 Å². The van der Waals surface area contributed by atoms with Gasteiger partial charge in [0.2, 0.25) is 5.91 Å². The molecule has 0 radical (unpaired) electrons. The van der Waals surface area contributed by atoms with Gasteiger partial charge < -0.3 is 10.2 Å². The van der Waals surface area contributed by atoms with Crippen LogP contribution < -0.4 is 5.32 Å². The number of aryl methyl sites for hydroxylation is 1. The number of nitrogens with zero attached hydrogens (tertiary/aromatic N) is 3. The van der Waals surface area contributed by atoms with E-state index < -0.39 is 49.1 Å². The number of nitrogens with one attached hydrogen (secondary N) is 1. The van der Waals surface area contributed by atoms with Gasteiger partial charge in [-0.25, -0.2) is 0 Å². The molecular weight excluding hydrogens is 402 g/mol. The number of carbonyl (C=O) groups excluding carboxylic acids is 1. The summed E-state index contributed by atoms with van der Waals surface area (Å²) in [6.07, 6.45) is -8.84. The largest absolute Gasteiger partial charge is 0.404 e. The number of aromatic nitrogens is 2. The lowest BCUT2D eigenvalue weighted by molar-refractivity contribution is -0.334. The number of carbonyl (C=O) groups is 1. The molecule has 3 rings (SSSR count). The molecule has 12 heteroatoms. The molecule has 0 spiro atoms. The molecule has 1 aromatic heterocycles. The van der Waals surface area contributed by atoms with Crippen molar-refractivity contribution in [1.82, 2.24) is 20.0 Å². The van der Waals surface area contributed by atoms with Crippen molar-refractivity contribution in [3.63, 3.8) is 0 Å². The smallest absolute Gasteiger partial charge is 0.341 e. The molecule has 3 heterocycles. The fraction of sp³-hybridized carbons (Fsp3) is 0.733. The van der Waals surface area contributed by atoms with E-state index in [2.05, 4.69) is 10.4 Å². The predicted octanol–water partition coefficient (Wildman–Crippen LogP) is 2.49. The maximum absolute atomic E-state index is 13.2. The van der Waals surface area contributed by atoms with Crippen LogP contribution in [0.5, 0.6) is 0 Å². The molecule has 0 aliphatic carbocycles. The van der Waals surface area contributed by atoms with Gasteiger partial charge in [0.25, 0.3) is 0 Å². The Morgan fingerprint density at radius 1 is 1.22 bits per heavy atom. The zero-order chi connectivity index (χ0) is 19.3. The van der Waals surface area contributed by atoms with Gasteiger partial charge in [0, 0.05) is 45.3 Å². The van der Waals surface area contributed by atoms with Crippen LogP contribution in [0.15, 0.2) is 12.4 Å². The topological polar surface area (TPSA) is 50.2 Å². The number of hydrogen-bond acceptors (Lipinski definition) is 3. The van der Waals surface area contributed by atoms with E-state index in [0.717, 1.165) is 5.56 Å². The van der Waals surface area contributed by atoms with E-state index in [0.29, 0.717) is 11.4 Å². The second-order valence-electron chi connectivity index (χ2n) is 6.91. The summed E-state index contributed by atoms with van der Waals surface area (Å²) < 4.78 is 80.7. The minimum atomic E-state index is -5.46. The van der Waals surface area contributed by atoms with Crippen LogP contribution in [-0.4, -0.2) is 59.1 Å². The Bertz CT molecular complexity index is 675. The van der Waals surface area contributed by atoms with Gasteiger partial charge in [-0.15, -0.1) is 12.4 Å². The van der Waals surface area contributed by atoms with E-state index in [9.17, 15) is 31.1 Å². The Balaban J connectivity index is 0.00000261. The number of hydrogen-bond donors (Lipinski definition) is 1. The molecular formula is C15H19ClF6N4O. The Morgan fingerprint density at radius 3 is 2.33 bits per heavy atom. The van der Waals surface area contributed by atoms with Crippen molar-refractivity contribution in [2.24, 2.45) is 18.4 Å². The normalized spacial score (nSPS) is 25.5. The van der Waals surface area contributed by atoms with Crippen LogP contribution in [0.4, 0.5) is 26.3 Å². The van der Waals surface area contributed by atoms with Crippen LogP contribution in [0.2, 0.25) is 0 Å². The van der Waals surface area contributed by atoms with Gasteiger partial charge in [-0.05, 0) is 12.0 Å². The van der Waals surface area contributed by atoms with Crippen molar-refractivity contribution in [2.75, 3.05) is 26.2 Å². The highest BCUT2D eigenvalue weighted by atomic mass is 35.5. The van der Waals surface area contributed by atoms with Gasteiger partial charge in [0.15, 0.2) is 5.41 Å². The minimum absolute atomic E-state index is 0. The molecule has 0 bridgehead atoms. The van der Waals surface area contributed by atoms with Gasteiger partial charge in [-0.3, -0.25) is 9.48 Å². The summed E-state index contributed by atoms with van der Waals surface area (Å²) in [6.45, 7) is -1.32. The van der Waals surface area contributed by atoms with Crippen LogP contribution in [0, 0.1) is 11.3 Å². The first-order valence-electron chi connectivity index (χ1n) is 8.08. The average molecular weight is 421 g/mol. The van der Waals surface area contributed by atoms with Crippen LogP contribution in [0.25, 0.3) is 0 Å². The minimum Gasteiger partial charge on any atom is -0.341 e. The molecule has 0 saturated carbocycles. The number of rotatable bonds is 2. The maximum Gasteiger partial charge on any atom is 0.404 e. The van der Waals surface area contributed by atoms with Crippen molar-refractivity contribution in [3.05, 3.63) is 18.0 Å². The quantitative estimate of drug-likeness (QED) is 0.748. The standard InChI is InChI=1S/C15H18F6N4O.ClH/c1-24-7-9(4-23-24)10-5-22-6-11(10)12(26)25-3-2-13(8-25,14(16,17)18)15(19,20)21;/h4,7,10-11,22H,2-3,5-6,8H2,1H3;1H/t10-,11+;/m1./s1. The lowest BCUT2D eigenvalue weighted by Crippen LogP contribution is -2.52. The summed E-state index contributed by atoms with van der Waals surface area (Å²) >= 11 is 0. The predicted molar refractivity (Wildman–Crippen MR) is 85.3 cm³/mol. The highest BCUT2D eigenvalue weighted by Crippen LogP contribution is 2.55. The Labute approximate surface area is 157 Å². The first kappa shape index (κ1) is 21.8. The molecule has 2 aliphatic heterocycles. The molecule has 2 atom stereocenters. The van der Waals surface area contributed by atoms with Crippen LogP contribution >= 0.6 is 12.4 Å². The fourth-order valence-corrected chi connectivity index (χ4v) is 3.78. The lowest BCUT2D eigenvalue weighted by Gasteiger charge is -2.34. The number of amides is 1. The van der Waals surface area contributed by atoms with Gasteiger partial charge >= 0.3 is 12.4 Å². The third-order valence-electron chi connectivity index (χ3n) is 5.35. The zero-order valence-electron chi connectivity index (χ0n) is 14.3. The highest BCUT2D eigenvalue weighted by Gasteiger charge is 2.73. The molecule has 0 aromatic carbocycles. The molecule has 27 heavy (non-hydrogen) atoms. The summed E-state index contributed by atoms with van der Waals surface area (Å²) in [6, 6.07) is 0. The van der Waals surface area contributed by atoms with E-state index in [1.54, 1.807) is 19.4 Å². The lowest BCUT2D eigenvalue weighted by atomic mass is 9.85. The molecule has 2 saturated heterocycles. The third kappa shape index (κ3) is 3.63. The van der Waals surface area contributed by atoms with E-state index in [-0.39, 0.29) is 24.9 Å². The van der Waals surface area contributed by atoms with E-state index in [1.807, 2.05) is 0 Å². The number of alkyl halides is 6. The summed E-state index contributed by atoms with van der Waals surface area (Å²) in [5.41, 5.74) is -3.13. The molecule has 154 valence electrons.